The van der Waals surface area contributed by atoms with Crippen molar-refractivity contribution in [1.29, 1.82) is 0 Å². The molecule has 184 valence electrons. The van der Waals surface area contributed by atoms with Crippen molar-refractivity contribution in [1.82, 2.24) is 14.9 Å². The second-order valence-corrected chi connectivity index (χ2v) is 9.53. The average molecular weight is 498 g/mol. The number of nitrogens with zero attached hydrogens (tertiary/aromatic N) is 3. The third-order valence-corrected chi connectivity index (χ3v) is 6.53. The van der Waals surface area contributed by atoms with Gasteiger partial charge in [0.1, 0.15) is 34.3 Å². The number of carboxylic acids is 1. The van der Waals surface area contributed by atoms with Crippen LogP contribution in [0.3, 0.4) is 0 Å². The molecule has 1 saturated heterocycles. The van der Waals surface area contributed by atoms with Crippen LogP contribution >= 0.6 is 11.3 Å². The predicted molar refractivity (Wildman–Crippen MR) is 132 cm³/mol. The Balaban J connectivity index is 1.70. The van der Waals surface area contributed by atoms with Crippen LogP contribution in [0.2, 0.25) is 0 Å². The molecule has 3 heterocycles. The number of ether oxygens (including phenoxy) is 3. The standard InChI is InChI=1S/C25H27N3O6S/c1-13(2)20-12-35-23(27-20)19-10-22(17-7-6-15(32-5)8-18(17)26-19)34-16-9-21(24(29)30)28(11-16)25(31)33-14(3)4/h6-8,10,12-13,16,21H,3,9,11H2,1-2,4-5H3,(H,29,30)/t16-,21+/m1/s1. The van der Waals surface area contributed by atoms with Crippen molar-refractivity contribution in [2.24, 2.45) is 0 Å². The molecule has 2 atom stereocenters. The van der Waals surface area contributed by atoms with E-state index in [1.807, 2.05) is 29.6 Å². The van der Waals surface area contributed by atoms with Gasteiger partial charge in [0.25, 0.3) is 0 Å². The second kappa shape index (κ2) is 9.91. The van der Waals surface area contributed by atoms with E-state index in [1.165, 1.54) is 18.3 Å². The van der Waals surface area contributed by atoms with Gasteiger partial charge in [-0.15, -0.1) is 11.3 Å². The fraction of sp³-hybridized carbons (Fsp3) is 0.360. The molecule has 1 fully saturated rings. The number of carbonyl (C=O) groups excluding carboxylic acids is 1. The van der Waals surface area contributed by atoms with Crippen molar-refractivity contribution in [3.8, 4) is 22.2 Å². The zero-order chi connectivity index (χ0) is 25.3. The van der Waals surface area contributed by atoms with Gasteiger partial charge in [0.2, 0.25) is 0 Å². The fourth-order valence-corrected chi connectivity index (χ4v) is 4.83. The summed E-state index contributed by atoms with van der Waals surface area (Å²) in [6.45, 7) is 9.30. The number of hydrogen-bond acceptors (Lipinski definition) is 8. The Morgan fingerprint density at radius 3 is 2.66 bits per heavy atom. The Labute approximate surface area is 207 Å². The molecule has 1 aliphatic heterocycles. The van der Waals surface area contributed by atoms with E-state index in [0.29, 0.717) is 22.7 Å². The van der Waals surface area contributed by atoms with Gasteiger partial charge >= 0.3 is 12.1 Å². The smallest absolute Gasteiger partial charge is 0.415 e. The van der Waals surface area contributed by atoms with Crippen molar-refractivity contribution in [2.75, 3.05) is 13.7 Å². The van der Waals surface area contributed by atoms with Crippen LogP contribution in [-0.4, -0.2) is 57.8 Å². The molecule has 4 rings (SSSR count). The normalized spacial score (nSPS) is 17.6. The molecule has 0 saturated carbocycles. The summed E-state index contributed by atoms with van der Waals surface area (Å²) in [5.74, 6) is 0.525. The number of carbonyl (C=O) groups is 2. The fourth-order valence-electron chi connectivity index (χ4n) is 3.89. The molecular weight excluding hydrogens is 470 g/mol. The van der Waals surface area contributed by atoms with Crippen LogP contribution in [0.25, 0.3) is 21.6 Å². The molecule has 0 spiro atoms. The molecule has 1 N–H and O–H groups in total. The number of likely N-dealkylation sites (tertiary alicyclic amines) is 1. The summed E-state index contributed by atoms with van der Waals surface area (Å²) in [7, 11) is 1.58. The second-order valence-electron chi connectivity index (χ2n) is 8.67. The van der Waals surface area contributed by atoms with Crippen LogP contribution in [0.15, 0.2) is 42.0 Å². The highest BCUT2D eigenvalue weighted by molar-refractivity contribution is 7.13. The number of hydrogen-bond donors (Lipinski definition) is 1. The molecule has 1 aromatic carbocycles. The van der Waals surface area contributed by atoms with Gasteiger partial charge in [-0.2, -0.15) is 0 Å². The van der Waals surface area contributed by atoms with Gasteiger partial charge in [-0.05, 0) is 25.0 Å². The number of allylic oxidation sites excluding steroid dienone is 1. The molecule has 10 heteroatoms. The number of aliphatic carboxylic acids is 1. The number of thiazole rings is 1. The Bertz CT molecular complexity index is 1290. The summed E-state index contributed by atoms with van der Waals surface area (Å²) in [4.78, 5) is 34.9. The van der Waals surface area contributed by atoms with Crippen LogP contribution in [-0.2, 0) is 9.53 Å². The van der Waals surface area contributed by atoms with E-state index >= 15 is 0 Å². The molecular formula is C25H27N3O6S. The maximum atomic E-state index is 12.4. The Morgan fingerprint density at radius 2 is 2.03 bits per heavy atom. The van der Waals surface area contributed by atoms with Gasteiger partial charge in [0, 0.05) is 29.3 Å². The topological polar surface area (TPSA) is 111 Å². The number of aromatic nitrogens is 2. The number of amides is 1. The molecule has 0 unspecified atom stereocenters. The molecule has 0 bridgehead atoms. The summed E-state index contributed by atoms with van der Waals surface area (Å²) in [6.07, 6.45) is -1.20. The minimum Gasteiger partial charge on any atom is -0.497 e. The number of benzene rings is 1. The Hall–Kier alpha value is -3.66. The summed E-state index contributed by atoms with van der Waals surface area (Å²) < 4.78 is 16.7. The summed E-state index contributed by atoms with van der Waals surface area (Å²) in [5, 5.41) is 13.2. The highest BCUT2D eigenvalue weighted by Crippen LogP contribution is 2.36. The van der Waals surface area contributed by atoms with E-state index in [2.05, 4.69) is 20.4 Å². The third kappa shape index (κ3) is 5.22. The number of fused-ring (bicyclic) bond motifs is 1. The first-order chi connectivity index (χ1) is 16.7. The van der Waals surface area contributed by atoms with Crippen molar-refractivity contribution >= 4 is 34.3 Å². The quantitative estimate of drug-likeness (QED) is 0.451. The number of pyridine rings is 1. The zero-order valence-corrected chi connectivity index (χ0v) is 20.8. The van der Waals surface area contributed by atoms with Crippen molar-refractivity contribution in [2.45, 2.75) is 45.3 Å². The van der Waals surface area contributed by atoms with Gasteiger partial charge in [-0.3, -0.25) is 4.90 Å². The van der Waals surface area contributed by atoms with E-state index in [1.54, 1.807) is 7.11 Å². The molecule has 0 radical (unpaired) electrons. The van der Waals surface area contributed by atoms with Crippen LogP contribution < -0.4 is 9.47 Å². The van der Waals surface area contributed by atoms with E-state index in [9.17, 15) is 14.7 Å². The first-order valence-corrected chi connectivity index (χ1v) is 12.0. The van der Waals surface area contributed by atoms with Crippen LogP contribution in [0.4, 0.5) is 4.79 Å². The lowest BCUT2D eigenvalue weighted by Crippen LogP contribution is -2.40. The van der Waals surface area contributed by atoms with Gasteiger partial charge in [0.15, 0.2) is 0 Å². The maximum absolute atomic E-state index is 12.4. The molecule has 1 amide bonds. The molecule has 9 nitrogen and oxygen atoms in total. The molecule has 3 aromatic rings. The van der Waals surface area contributed by atoms with E-state index in [4.69, 9.17) is 24.2 Å². The van der Waals surface area contributed by atoms with Gasteiger partial charge in [-0.25, -0.2) is 19.6 Å². The van der Waals surface area contributed by atoms with Gasteiger partial charge < -0.3 is 19.3 Å². The Kier molecular flexibility index (Phi) is 6.93. The van der Waals surface area contributed by atoms with E-state index in [0.717, 1.165) is 21.0 Å². The molecule has 1 aliphatic rings. The summed E-state index contributed by atoms with van der Waals surface area (Å²) in [6, 6.07) is 6.21. The first kappa shape index (κ1) is 24.5. The highest BCUT2D eigenvalue weighted by Gasteiger charge is 2.42. The van der Waals surface area contributed by atoms with Crippen LogP contribution in [0, 0.1) is 0 Å². The summed E-state index contributed by atoms with van der Waals surface area (Å²) >= 11 is 1.50. The van der Waals surface area contributed by atoms with E-state index < -0.39 is 24.2 Å². The lowest BCUT2D eigenvalue weighted by molar-refractivity contribution is -0.141. The minimum atomic E-state index is -1.12. The van der Waals surface area contributed by atoms with Crippen molar-refractivity contribution in [3.63, 3.8) is 0 Å². The number of rotatable bonds is 7. The number of methoxy groups -OCH3 is 1. The third-order valence-electron chi connectivity index (χ3n) is 5.65. The summed E-state index contributed by atoms with van der Waals surface area (Å²) in [5.41, 5.74) is 2.28. The van der Waals surface area contributed by atoms with Gasteiger partial charge in [-0.1, -0.05) is 20.4 Å². The lowest BCUT2D eigenvalue weighted by Gasteiger charge is -2.20. The van der Waals surface area contributed by atoms with E-state index in [-0.39, 0.29) is 24.6 Å². The Morgan fingerprint density at radius 1 is 1.26 bits per heavy atom. The molecule has 35 heavy (non-hydrogen) atoms. The maximum Gasteiger partial charge on any atom is 0.415 e. The highest BCUT2D eigenvalue weighted by atomic mass is 32.1. The first-order valence-electron chi connectivity index (χ1n) is 11.1. The lowest BCUT2D eigenvalue weighted by atomic mass is 10.1. The average Bonchev–Trinajstić information content (AvgIpc) is 3.46. The monoisotopic (exact) mass is 497 g/mol. The largest absolute Gasteiger partial charge is 0.497 e. The van der Waals surface area contributed by atoms with Crippen LogP contribution in [0.1, 0.15) is 38.8 Å². The van der Waals surface area contributed by atoms with Crippen molar-refractivity contribution < 1.29 is 28.9 Å². The van der Waals surface area contributed by atoms with Crippen LogP contribution in [0.5, 0.6) is 11.5 Å². The minimum absolute atomic E-state index is 0.0626. The number of carboxylic acid groups (broad SMARTS) is 1. The zero-order valence-electron chi connectivity index (χ0n) is 20.0. The van der Waals surface area contributed by atoms with Crippen molar-refractivity contribution in [3.05, 3.63) is 47.7 Å². The predicted octanol–water partition coefficient (Wildman–Crippen LogP) is 5.07. The molecule has 2 aromatic heterocycles. The van der Waals surface area contributed by atoms with Gasteiger partial charge in [0.05, 0.1) is 30.6 Å². The molecule has 0 aliphatic carbocycles. The SMILES string of the molecule is C=C(C)OC(=O)N1C[C@H](Oc2cc(-c3nc(C(C)C)cs3)nc3cc(OC)ccc23)C[C@H]1C(=O)O.